The van der Waals surface area contributed by atoms with E-state index in [0.29, 0.717) is 13.1 Å². The largest absolute Gasteiger partial charge is 0.366 e. The van der Waals surface area contributed by atoms with Crippen LogP contribution in [0.3, 0.4) is 0 Å². The highest BCUT2D eigenvalue weighted by Crippen LogP contribution is 2.17. The molecule has 0 unspecified atom stereocenters. The van der Waals surface area contributed by atoms with E-state index in [4.69, 9.17) is 5.73 Å². The molecule has 0 saturated carbocycles. The zero-order valence-corrected chi connectivity index (χ0v) is 10.2. The highest BCUT2D eigenvalue weighted by Gasteiger charge is 2.07. The van der Waals surface area contributed by atoms with Crippen molar-refractivity contribution >= 4 is 5.69 Å². The molecule has 2 aromatic carbocycles. The molecule has 0 saturated heterocycles. The molecule has 94 valence electrons. The lowest BCUT2D eigenvalue weighted by molar-refractivity contribution is 0.626. The fourth-order valence-electron chi connectivity index (χ4n) is 1.93. The number of halogens is 1. The van der Waals surface area contributed by atoms with Gasteiger partial charge in [0.1, 0.15) is 5.82 Å². The second-order valence-electron chi connectivity index (χ2n) is 4.18. The summed E-state index contributed by atoms with van der Waals surface area (Å²) in [4.78, 5) is 2.08. The molecule has 0 aliphatic carbocycles. The number of nitrogens with two attached hydrogens (primary N) is 1. The molecule has 2 rings (SSSR count). The summed E-state index contributed by atoms with van der Waals surface area (Å²) in [6, 6.07) is 16.7. The molecule has 18 heavy (non-hydrogen) atoms. The molecule has 0 bridgehead atoms. The smallest absolute Gasteiger partial charge is 0.125 e. The van der Waals surface area contributed by atoms with Crippen LogP contribution in [0.2, 0.25) is 0 Å². The minimum atomic E-state index is -0.220. The highest BCUT2D eigenvalue weighted by atomic mass is 19.1. The molecule has 2 nitrogen and oxygen atoms in total. The van der Waals surface area contributed by atoms with Gasteiger partial charge in [0.2, 0.25) is 0 Å². The van der Waals surface area contributed by atoms with Crippen LogP contribution in [0.5, 0.6) is 0 Å². The van der Waals surface area contributed by atoms with Gasteiger partial charge in [0.25, 0.3) is 0 Å². The van der Waals surface area contributed by atoms with Crippen LogP contribution in [-0.4, -0.2) is 13.1 Å². The van der Waals surface area contributed by atoms with E-state index in [1.807, 2.05) is 24.3 Å². The van der Waals surface area contributed by atoms with Crippen LogP contribution in [0.25, 0.3) is 0 Å². The Morgan fingerprint density at radius 1 is 1.00 bits per heavy atom. The SMILES string of the molecule is NCCN(Cc1ccccc1)c1cccc(F)c1. The standard InChI is InChI=1S/C15H17FN2/c16-14-7-4-8-15(11-14)18(10-9-17)12-13-5-2-1-3-6-13/h1-8,11H,9-10,12,17H2. The van der Waals surface area contributed by atoms with Crippen molar-refractivity contribution in [2.24, 2.45) is 5.73 Å². The van der Waals surface area contributed by atoms with Crippen LogP contribution >= 0.6 is 0 Å². The van der Waals surface area contributed by atoms with Crippen LogP contribution < -0.4 is 10.6 Å². The third kappa shape index (κ3) is 3.31. The quantitative estimate of drug-likeness (QED) is 0.876. The molecule has 0 spiro atoms. The molecule has 2 N–H and O–H groups in total. The molecule has 0 radical (unpaired) electrons. The highest BCUT2D eigenvalue weighted by molar-refractivity contribution is 5.47. The van der Waals surface area contributed by atoms with Crippen molar-refractivity contribution in [2.45, 2.75) is 6.54 Å². The zero-order valence-electron chi connectivity index (χ0n) is 10.2. The van der Waals surface area contributed by atoms with E-state index in [1.54, 1.807) is 12.1 Å². The molecule has 0 fully saturated rings. The fourth-order valence-corrected chi connectivity index (χ4v) is 1.93. The summed E-state index contributed by atoms with van der Waals surface area (Å²) in [6.45, 7) is 1.99. The number of hydrogen-bond donors (Lipinski definition) is 1. The van der Waals surface area contributed by atoms with E-state index in [-0.39, 0.29) is 5.82 Å². The van der Waals surface area contributed by atoms with Gasteiger partial charge in [-0.1, -0.05) is 36.4 Å². The van der Waals surface area contributed by atoms with Crippen LogP contribution in [0.1, 0.15) is 5.56 Å². The predicted octanol–water partition coefficient (Wildman–Crippen LogP) is 2.79. The Morgan fingerprint density at radius 3 is 2.44 bits per heavy atom. The first kappa shape index (κ1) is 12.6. The van der Waals surface area contributed by atoms with Crippen molar-refractivity contribution in [3.8, 4) is 0 Å². The molecule has 0 aliphatic rings. The fraction of sp³-hybridized carbons (Fsp3) is 0.200. The van der Waals surface area contributed by atoms with Crippen molar-refractivity contribution in [3.63, 3.8) is 0 Å². The minimum Gasteiger partial charge on any atom is -0.366 e. The number of rotatable bonds is 5. The summed E-state index contributed by atoms with van der Waals surface area (Å²) in [5, 5.41) is 0. The second kappa shape index (κ2) is 6.17. The van der Waals surface area contributed by atoms with E-state index < -0.39 is 0 Å². The van der Waals surface area contributed by atoms with Gasteiger partial charge in [0, 0.05) is 25.3 Å². The molecule has 0 amide bonds. The predicted molar refractivity (Wildman–Crippen MR) is 72.9 cm³/mol. The Bertz CT molecular complexity index is 485. The topological polar surface area (TPSA) is 29.3 Å². The van der Waals surface area contributed by atoms with Gasteiger partial charge in [-0.15, -0.1) is 0 Å². The molecule has 2 aromatic rings. The van der Waals surface area contributed by atoms with E-state index in [1.165, 1.54) is 11.6 Å². The summed E-state index contributed by atoms with van der Waals surface area (Å²) >= 11 is 0. The van der Waals surface area contributed by atoms with Gasteiger partial charge in [-0.3, -0.25) is 0 Å². The summed E-state index contributed by atoms with van der Waals surface area (Å²) in [5.41, 5.74) is 7.68. The first-order chi connectivity index (χ1) is 8.79. The number of nitrogens with zero attached hydrogens (tertiary/aromatic N) is 1. The Balaban J connectivity index is 2.18. The molecular weight excluding hydrogens is 227 g/mol. The molecular formula is C15H17FN2. The van der Waals surface area contributed by atoms with Gasteiger partial charge >= 0.3 is 0 Å². The third-order valence-corrected chi connectivity index (χ3v) is 2.79. The molecule has 0 heterocycles. The lowest BCUT2D eigenvalue weighted by Crippen LogP contribution is -2.28. The number of hydrogen-bond acceptors (Lipinski definition) is 2. The lowest BCUT2D eigenvalue weighted by atomic mass is 10.2. The zero-order chi connectivity index (χ0) is 12.8. The van der Waals surface area contributed by atoms with Gasteiger partial charge in [-0.25, -0.2) is 4.39 Å². The van der Waals surface area contributed by atoms with Crippen molar-refractivity contribution in [2.75, 3.05) is 18.0 Å². The average molecular weight is 244 g/mol. The van der Waals surface area contributed by atoms with Gasteiger partial charge < -0.3 is 10.6 Å². The maximum atomic E-state index is 13.2. The second-order valence-corrected chi connectivity index (χ2v) is 4.18. The van der Waals surface area contributed by atoms with Crippen molar-refractivity contribution in [3.05, 3.63) is 66.0 Å². The molecule has 3 heteroatoms. The maximum absolute atomic E-state index is 13.2. The summed E-state index contributed by atoms with van der Waals surface area (Å²) in [6.07, 6.45) is 0. The van der Waals surface area contributed by atoms with E-state index in [0.717, 1.165) is 12.2 Å². The van der Waals surface area contributed by atoms with E-state index in [2.05, 4.69) is 17.0 Å². The first-order valence-electron chi connectivity index (χ1n) is 6.04. The normalized spacial score (nSPS) is 10.3. The monoisotopic (exact) mass is 244 g/mol. The van der Waals surface area contributed by atoms with Crippen molar-refractivity contribution in [1.29, 1.82) is 0 Å². The first-order valence-corrected chi connectivity index (χ1v) is 6.04. The summed E-state index contributed by atoms with van der Waals surface area (Å²) < 4.78 is 13.2. The van der Waals surface area contributed by atoms with Crippen molar-refractivity contribution < 1.29 is 4.39 Å². The van der Waals surface area contributed by atoms with Crippen LogP contribution in [0.15, 0.2) is 54.6 Å². The molecule has 0 atom stereocenters. The molecule has 0 aromatic heterocycles. The maximum Gasteiger partial charge on any atom is 0.125 e. The third-order valence-electron chi connectivity index (χ3n) is 2.79. The van der Waals surface area contributed by atoms with Gasteiger partial charge in [0.15, 0.2) is 0 Å². The van der Waals surface area contributed by atoms with E-state index in [9.17, 15) is 4.39 Å². The number of anilines is 1. The minimum absolute atomic E-state index is 0.220. The van der Waals surface area contributed by atoms with Gasteiger partial charge in [-0.05, 0) is 23.8 Å². The summed E-state index contributed by atoms with van der Waals surface area (Å²) in [5.74, 6) is -0.220. The molecule has 0 aliphatic heterocycles. The Kier molecular flexibility index (Phi) is 4.31. The Morgan fingerprint density at radius 2 is 1.78 bits per heavy atom. The number of benzene rings is 2. The Labute approximate surface area is 107 Å². The van der Waals surface area contributed by atoms with Gasteiger partial charge in [0.05, 0.1) is 0 Å². The van der Waals surface area contributed by atoms with Crippen molar-refractivity contribution in [1.82, 2.24) is 0 Å². The Hall–Kier alpha value is -1.87. The average Bonchev–Trinajstić information content (AvgIpc) is 2.39. The van der Waals surface area contributed by atoms with E-state index >= 15 is 0 Å². The van der Waals surface area contributed by atoms with Crippen LogP contribution in [0.4, 0.5) is 10.1 Å². The van der Waals surface area contributed by atoms with Crippen LogP contribution in [0, 0.1) is 5.82 Å². The summed E-state index contributed by atoms with van der Waals surface area (Å²) in [7, 11) is 0. The lowest BCUT2D eigenvalue weighted by Gasteiger charge is -2.24. The van der Waals surface area contributed by atoms with Gasteiger partial charge in [-0.2, -0.15) is 0 Å². The van der Waals surface area contributed by atoms with Crippen LogP contribution in [-0.2, 0) is 6.54 Å².